The van der Waals surface area contributed by atoms with Crippen LogP contribution in [0.2, 0.25) is 0 Å². The van der Waals surface area contributed by atoms with Gasteiger partial charge in [-0.1, -0.05) is 31.2 Å². The zero-order valence-electron chi connectivity index (χ0n) is 7.21. The molecule has 1 aliphatic carbocycles. The number of carbonyl (C=O) groups is 1. The largest absolute Gasteiger partial charge is 0.294 e. The molecule has 1 aromatic carbocycles. The number of benzene rings is 1. The Labute approximate surface area is 72.4 Å². The molecule has 1 aliphatic rings. The van der Waals surface area contributed by atoms with Gasteiger partial charge in [0.2, 0.25) is 0 Å². The number of fused-ring (bicyclic) bond motifs is 1. The number of carbonyl (C=O) groups excluding carboxylic acids is 1. The standard InChI is InChI=1S/C11H12O/c1-8-6-9-4-2-3-5-10(9)11(12)7-8/h2-5,8H,6-7H2,1H3/t8-/m1/s1. The quantitative estimate of drug-likeness (QED) is 0.569. The molecule has 1 nitrogen and oxygen atoms in total. The van der Waals surface area contributed by atoms with E-state index >= 15 is 0 Å². The molecule has 12 heavy (non-hydrogen) atoms. The van der Waals surface area contributed by atoms with Crippen molar-refractivity contribution < 1.29 is 4.79 Å². The molecule has 0 unspecified atom stereocenters. The van der Waals surface area contributed by atoms with E-state index in [1.165, 1.54) is 5.56 Å². The summed E-state index contributed by atoms with van der Waals surface area (Å²) in [5.74, 6) is 0.830. The predicted octanol–water partition coefficient (Wildman–Crippen LogP) is 2.45. The second-order valence-electron chi connectivity index (χ2n) is 3.59. The van der Waals surface area contributed by atoms with E-state index in [1.54, 1.807) is 0 Å². The Kier molecular flexibility index (Phi) is 1.72. The Balaban J connectivity index is 2.47. The summed E-state index contributed by atoms with van der Waals surface area (Å²) in [5, 5.41) is 0. The van der Waals surface area contributed by atoms with Gasteiger partial charge in [0, 0.05) is 12.0 Å². The van der Waals surface area contributed by atoms with Crippen molar-refractivity contribution in [2.24, 2.45) is 5.92 Å². The number of hydrogen-bond donors (Lipinski definition) is 0. The summed E-state index contributed by atoms with van der Waals surface area (Å²) in [6.07, 6.45) is 1.78. The number of hydrogen-bond acceptors (Lipinski definition) is 1. The first-order chi connectivity index (χ1) is 5.77. The molecule has 0 N–H and O–H groups in total. The Morgan fingerprint density at radius 2 is 2.00 bits per heavy atom. The summed E-state index contributed by atoms with van der Waals surface area (Å²) < 4.78 is 0. The summed E-state index contributed by atoms with van der Waals surface area (Å²) in [6.45, 7) is 2.13. The third-order valence-corrected chi connectivity index (χ3v) is 2.42. The molecule has 1 aromatic rings. The van der Waals surface area contributed by atoms with Crippen LogP contribution < -0.4 is 0 Å². The van der Waals surface area contributed by atoms with Crippen LogP contribution in [0.3, 0.4) is 0 Å². The van der Waals surface area contributed by atoms with E-state index < -0.39 is 0 Å². The zero-order chi connectivity index (χ0) is 8.55. The van der Waals surface area contributed by atoms with Crippen LogP contribution in [-0.2, 0) is 6.42 Å². The molecule has 0 aliphatic heterocycles. The van der Waals surface area contributed by atoms with Crippen molar-refractivity contribution in [3.8, 4) is 0 Å². The van der Waals surface area contributed by atoms with Crippen LogP contribution in [0.25, 0.3) is 0 Å². The lowest BCUT2D eigenvalue weighted by Crippen LogP contribution is -2.17. The molecule has 0 fully saturated rings. The zero-order valence-corrected chi connectivity index (χ0v) is 7.21. The van der Waals surface area contributed by atoms with Gasteiger partial charge in [0.25, 0.3) is 0 Å². The second kappa shape index (κ2) is 2.74. The predicted molar refractivity (Wildman–Crippen MR) is 48.3 cm³/mol. The van der Waals surface area contributed by atoms with Gasteiger partial charge >= 0.3 is 0 Å². The first-order valence-electron chi connectivity index (χ1n) is 4.38. The third-order valence-electron chi connectivity index (χ3n) is 2.42. The Bertz CT molecular complexity index is 315. The fourth-order valence-electron chi connectivity index (χ4n) is 1.84. The van der Waals surface area contributed by atoms with Gasteiger partial charge in [-0.15, -0.1) is 0 Å². The molecule has 0 saturated carbocycles. The van der Waals surface area contributed by atoms with Crippen molar-refractivity contribution in [2.75, 3.05) is 0 Å². The molecule has 0 saturated heterocycles. The van der Waals surface area contributed by atoms with Crippen LogP contribution in [0.15, 0.2) is 24.3 Å². The lowest BCUT2D eigenvalue weighted by Gasteiger charge is -2.19. The Hall–Kier alpha value is -1.11. The fourth-order valence-corrected chi connectivity index (χ4v) is 1.84. The Morgan fingerprint density at radius 1 is 1.25 bits per heavy atom. The monoisotopic (exact) mass is 160 g/mol. The molecule has 1 heteroatoms. The van der Waals surface area contributed by atoms with Crippen molar-refractivity contribution in [2.45, 2.75) is 19.8 Å². The van der Waals surface area contributed by atoms with Gasteiger partial charge in [-0.05, 0) is 17.9 Å². The molecule has 0 radical (unpaired) electrons. The molecule has 0 aromatic heterocycles. The molecule has 2 rings (SSSR count). The Morgan fingerprint density at radius 3 is 2.83 bits per heavy atom. The van der Waals surface area contributed by atoms with E-state index in [0.29, 0.717) is 11.7 Å². The molecule has 0 bridgehead atoms. The highest BCUT2D eigenvalue weighted by atomic mass is 16.1. The first-order valence-corrected chi connectivity index (χ1v) is 4.38. The van der Waals surface area contributed by atoms with Gasteiger partial charge in [0.15, 0.2) is 5.78 Å². The second-order valence-corrected chi connectivity index (χ2v) is 3.59. The molecular weight excluding hydrogens is 148 g/mol. The molecule has 0 heterocycles. The maximum Gasteiger partial charge on any atom is 0.163 e. The van der Waals surface area contributed by atoms with Gasteiger partial charge in [-0.2, -0.15) is 0 Å². The fraction of sp³-hybridized carbons (Fsp3) is 0.364. The van der Waals surface area contributed by atoms with Crippen molar-refractivity contribution >= 4 is 5.78 Å². The highest BCUT2D eigenvalue weighted by Gasteiger charge is 2.20. The van der Waals surface area contributed by atoms with E-state index in [0.717, 1.165) is 18.4 Å². The number of rotatable bonds is 0. The number of Topliss-reactive ketones (excluding diaryl/α,β-unsaturated/α-hetero) is 1. The highest BCUT2D eigenvalue weighted by Crippen LogP contribution is 2.24. The smallest absolute Gasteiger partial charge is 0.163 e. The SMILES string of the molecule is C[C@H]1CC(=O)c2ccccc2C1. The molecule has 1 atom stereocenters. The summed E-state index contributed by atoms with van der Waals surface area (Å²) in [4.78, 5) is 11.5. The van der Waals surface area contributed by atoms with Crippen LogP contribution in [0.4, 0.5) is 0 Å². The van der Waals surface area contributed by atoms with Crippen LogP contribution in [0.5, 0.6) is 0 Å². The van der Waals surface area contributed by atoms with E-state index in [2.05, 4.69) is 13.0 Å². The summed E-state index contributed by atoms with van der Waals surface area (Å²) in [7, 11) is 0. The maximum absolute atomic E-state index is 11.5. The molecule has 0 spiro atoms. The van der Waals surface area contributed by atoms with Gasteiger partial charge < -0.3 is 0 Å². The summed E-state index contributed by atoms with van der Waals surface area (Å²) in [6, 6.07) is 7.93. The van der Waals surface area contributed by atoms with Gasteiger partial charge in [0.05, 0.1) is 0 Å². The lowest BCUT2D eigenvalue weighted by molar-refractivity contribution is 0.0953. The highest BCUT2D eigenvalue weighted by molar-refractivity contribution is 5.98. The normalized spacial score (nSPS) is 22.1. The number of ketones is 1. The van der Waals surface area contributed by atoms with Crippen LogP contribution in [0, 0.1) is 5.92 Å². The third kappa shape index (κ3) is 1.15. The summed E-state index contributed by atoms with van der Waals surface area (Å²) in [5.41, 5.74) is 2.16. The van der Waals surface area contributed by atoms with Crippen LogP contribution in [-0.4, -0.2) is 5.78 Å². The van der Waals surface area contributed by atoms with Gasteiger partial charge in [-0.3, -0.25) is 4.79 Å². The van der Waals surface area contributed by atoms with E-state index in [1.807, 2.05) is 18.2 Å². The van der Waals surface area contributed by atoms with Crippen molar-refractivity contribution in [1.82, 2.24) is 0 Å². The average molecular weight is 160 g/mol. The van der Waals surface area contributed by atoms with E-state index in [4.69, 9.17) is 0 Å². The minimum Gasteiger partial charge on any atom is -0.294 e. The average Bonchev–Trinajstić information content (AvgIpc) is 2.04. The first kappa shape index (κ1) is 7.53. The molecule has 0 amide bonds. The minimum absolute atomic E-state index is 0.310. The van der Waals surface area contributed by atoms with Gasteiger partial charge in [0.1, 0.15) is 0 Å². The molecule has 62 valence electrons. The van der Waals surface area contributed by atoms with Crippen molar-refractivity contribution in [3.05, 3.63) is 35.4 Å². The van der Waals surface area contributed by atoms with Crippen LogP contribution in [0.1, 0.15) is 29.3 Å². The van der Waals surface area contributed by atoms with Gasteiger partial charge in [-0.25, -0.2) is 0 Å². The van der Waals surface area contributed by atoms with E-state index in [9.17, 15) is 4.79 Å². The van der Waals surface area contributed by atoms with Crippen molar-refractivity contribution in [3.63, 3.8) is 0 Å². The summed E-state index contributed by atoms with van der Waals surface area (Å²) >= 11 is 0. The minimum atomic E-state index is 0.310. The maximum atomic E-state index is 11.5. The molecular formula is C11H12O. The van der Waals surface area contributed by atoms with E-state index in [-0.39, 0.29) is 0 Å². The van der Waals surface area contributed by atoms with Crippen LogP contribution >= 0.6 is 0 Å². The lowest BCUT2D eigenvalue weighted by atomic mass is 9.84. The topological polar surface area (TPSA) is 17.1 Å². The van der Waals surface area contributed by atoms with Crippen molar-refractivity contribution in [1.29, 1.82) is 0 Å².